The summed E-state index contributed by atoms with van der Waals surface area (Å²) in [5.41, 5.74) is 0.825. The predicted molar refractivity (Wildman–Crippen MR) is 299 cm³/mol. The van der Waals surface area contributed by atoms with E-state index in [4.69, 9.17) is 18.9 Å². The minimum atomic E-state index is -0.302. The zero-order chi connectivity index (χ0) is 54.1. The Kier molecular flexibility index (Phi) is 26.8. The lowest BCUT2D eigenvalue weighted by atomic mass is 10.0. The lowest BCUT2D eigenvalue weighted by molar-refractivity contribution is -0.123. The van der Waals surface area contributed by atoms with Crippen LogP contribution < -0.4 is 47.3 Å². The van der Waals surface area contributed by atoms with E-state index in [0.29, 0.717) is 119 Å². The largest absolute Gasteiger partial charge is 0.457 e. The molecule has 6 amide bonds. The van der Waals surface area contributed by atoms with Crippen molar-refractivity contribution >= 4 is 70.4 Å². The van der Waals surface area contributed by atoms with Gasteiger partial charge in [-0.25, -0.2) is 19.7 Å². The lowest BCUT2D eigenvalue weighted by Gasteiger charge is -2.16. The smallest absolute Gasteiger partial charge is 0.315 e. The van der Waals surface area contributed by atoms with Crippen LogP contribution in [0.3, 0.4) is 0 Å². The Morgan fingerprint density at radius 2 is 1.29 bits per heavy atom. The summed E-state index contributed by atoms with van der Waals surface area (Å²) in [5, 5.41) is 24.4. The maximum absolute atomic E-state index is 12.7. The number of unbranched alkanes of at least 4 members (excludes halogenated alkanes) is 2. The molecule has 3 atom stereocenters. The highest BCUT2D eigenvalue weighted by atomic mass is 32.2. The van der Waals surface area contributed by atoms with Gasteiger partial charge in [0.05, 0.1) is 38.5 Å². The van der Waals surface area contributed by atoms with Gasteiger partial charge in [-0.05, 0) is 107 Å². The molecular formula is C55H76N12O9S. The Bertz CT molecular complexity index is 2440. The molecule has 416 valence electrons. The summed E-state index contributed by atoms with van der Waals surface area (Å²) in [6.45, 7) is 5.88. The van der Waals surface area contributed by atoms with Crippen LogP contribution in [0.4, 0.5) is 33.8 Å². The highest BCUT2D eigenvalue weighted by Gasteiger charge is 2.42. The molecule has 0 spiro atoms. The number of anilines is 5. The van der Waals surface area contributed by atoms with Crippen molar-refractivity contribution in [3.63, 3.8) is 0 Å². The third-order valence-electron chi connectivity index (χ3n) is 12.2. The molecule has 0 unspecified atom stereocenters. The van der Waals surface area contributed by atoms with E-state index in [2.05, 4.69) is 62.4 Å². The van der Waals surface area contributed by atoms with Crippen LogP contribution in [0.5, 0.6) is 11.5 Å². The number of amides is 6. The molecule has 77 heavy (non-hydrogen) atoms. The van der Waals surface area contributed by atoms with Gasteiger partial charge in [-0.2, -0.15) is 11.8 Å². The van der Waals surface area contributed by atoms with Crippen LogP contribution in [0.2, 0.25) is 0 Å². The normalized spacial score (nSPS) is 15.6. The molecule has 6 rings (SSSR count). The summed E-state index contributed by atoms with van der Waals surface area (Å²) in [5.74, 6) is 4.01. The predicted octanol–water partition coefficient (Wildman–Crippen LogP) is 6.43. The van der Waals surface area contributed by atoms with Gasteiger partial charge in [0, 0.05) is 87.5 Å². The van der Waals surface area contributed by atoms with Gasteiger partial charge in [-0.1, -0.05) is 36.8 Å². The molecule has 2 aromatic carbocycles. The summed E-state index contributed by atoms with van der Waals surface area (Å²) in [7, 11) is 1.97. The monoisotopic (exact) mass is 1080 g/mol. The minimum absolute atomic E-state index is 0.0619. The first-order valence-electron chi connectivity index (χ1n) is 26.7. The second kappa shape index (κ2) is 34.7. The number of nitrogens with zero attached hydrogens (tertiary/aromatic N) is 4. The Morgan fingerprint density at radius 1 is 0.662 bits per heavy atom. The maximum atomic E-state index is 12.7. The van der Waals surface area contributed by atoms with E-state index >= 15 is 0 Å². The van der Waals surface area contributed by atoms with Crippen molar-refractivity contribution in [2.75, 3.05) is 101 Å². The summed E-state index contributed by atoms with van der Waals surface area (Å²) < 4.78 is 22.6. The molecule has 0 radical (unpaired) electrons. The highest BCUT2D eigenvalue weighted by Crippen LogP contribution is 2.33. The number of carbonyl (C=O) groups is 5. The van der Waals surface area contributed by atoms with E-state index in [1.54, 1.807) is 30.3 Å². The maximum Gasteiger partial charge on any atom is 0.315 e. The van der Waals surface area contributed by atoms with Crippen molar-refractivity contribution in [3.8, 4) is 11.5 Å². The molecule has 2 aliphatic heterocycles. The van der Waals surface area contributed by atoms with Gasteiger partial charge in [0.1, 0.15) is 41.1 Å². The SMILES string of the molecule is CN(C/C=C/C(=O)Nc1cccc(Nc2cc(Nc3ccc(Oc4ccccc4)cc3)ncn2)n1)CCCCNC(=O)CCCC(=O)NCCCOCCOCCOCCCNC(=O)CCCC[C@@H]1SC[C@@H]2NC(=O)N[C@@H]21. The molecule has 2 aromatic heterocycles. The molecule has 0 aliphatic carbocycles. The molecule has 0 saturated carbocycles. The van der Waals surface area contributed by atoms with Crippen molar-refractivity contribution in [1.82, 2.24) is 46.4 Å². The first kappa shape index (κ1) is 59.4. The van der Waals surface area contributed by atoms with Gasteiger partial charge in [-0.15, -0.1) is 0 Å². The van der Waals surface area contributed by atoms with Crippen molar-refractivity contribution in [2.45, 2.75) is 88.0 Å². The fourth-order valence-corrected chi connectivity index (χ4v) is 9.75. The van der Waals surface area contributed by atoms with Crippen LogP contribution in [0.1, 0.15) is 70.6 Å². The minimum Gasteiger partial charge on any atom is -0.457 e. The third kappa shape index (κ3) is 24.4. The molecule has 4 heterocycles. The number of para-hydroxylation sites is 1. The lowest BCUT2D eigenvalue weighted by Crippen LogP contribution is -2.36. The number of nitrogens with one attached hydrogen (secondary N) is 8. The highest BCUT2D eigenvalue weighted by molar-refractivity contribution is 8.00. The average Bonchev–Trinajstić information content (AvgIpc) is 3.99. The van der Waals surface area contributed by atoms with Gasteiger partial charge in [0.25, 0.3) is 0 Å². The zero-order valence-electron chi connectivity index (χ0n) is 44.1. The van der Waals surface area contributed by atoms with Crippen LogP contribution in [0, 0.1) is 0 Å². The van der Waals surface area contributed by atoms with Gasteiger partial charge in [0.15, 0.2) is 0 Å². The number of fused-ring (bicyclic) bond motifs is 1. The van der Waals surface area contributed by atoms with E-state index < -0.39 is 0 Å². The van der Waals surface area contributed by atoms with Crippen molar-refractivity contribution in [2.24, 2.45) is 0 Å². The number of benzene rings is 2. The Balaban J connectivity index is 0.674. The number of urea groups is 1. The summed E-state index contributed by atoms with van der Waals surface area (Å²) >= 11 is 1.90. The van der Waals surface area contributed by atoms with E-state index in [0.717, 1.165) is 62.3 Å². The van der Waals surface area contributed by atoms with Crippen molar-refractivity contribution in [3.05, 3.63) is 97.3 Å². The first-order valence-corrected chi connectivity index (χ1v) is 27.7. The Hall–Kier alpha value is -6.85. The number of aromatic nitrogens is 3. The number of carbonyl (C=O) groups excluding carboxylic acids is 5. The van der Waals surface area contributed by atoms with Crippen LogP contribution in [-0.2, 0) is 33.4 Å². The topological polar surface area (TPSA) is 260 Å². The summed E-state index contributed by atoms with van der Waals surface area (Å²) in [6, 6.07) is 24.5. The number of thioether (sulfide) groups is 1. The molecule has 8 N–H and O–H groups in total. The van der Waals surface area contributed by atoms with Crippen LogP contribution in [0.15, 0.2) is 97.3 Å². The first-order chi connectivity index (χ1) is 37.6. The van der Waals surface area contributed by atoms with Gasteiger partial charge >= 0.3 is 6.03 Å². The zero-order valence-corrected chi connectivity index (χ0v) is 44.9. The second-order valence-corrected chi connectivity index (χ2v) is 19.8. The molecule has 22 heteroatoms. The van der Waals surface area contributed by atoms with E-state index in [9.17, 15) is 24.0 Å². The fraction of sp³-hybridized carbons (Fsp3) is 0.491. The number of hydrogen-bond donors (Lipinski definition) is 8. The molecule has 0 bridgehead atoms. The van der Waals surface area contributed by atoms with Gasteiger partial charge in [0.2, 0.25) is 23.6 Å². The van der Waals surface area contributed by atoms with Crippen LogP contribution in [-0.4, -0.2) is 152 Å². The number of likely N-dealkylation sites (N-methyl/N-ethyl adjacent to an activating group) is 1. The number of pyridine rings is 1. The molecule has 2 aliphatic rings. The molecular weight excluding hydrogens is 1000 g/mol. The average molecular weight is 1080 g/mol. The Morgan fingerprint density at radius 3 is 1.99 bits per heavy atom. The summed E-state index contributed by atoms with van der Waals surface area (Å²) in [4.78, 5) is 76.1. The fourth-order valence-electron chi connectivity index (χ4n) is 8.21. The van der Waals surface area contributed by atoms with Gasteiger partial charge < -0.3 is 66.4 Å². The number of rotatable bonds is 38. The third-order valence-corrected chi connectivity index (χ3v) is 13.7. The molecule has 4 aromatic rings. The summed E-state index contributed by atoms with van der Waals surface area (Å²) in [6.07, 6.45) is 12.2. The quantitative estimate of drug-likeness (QED) is 0.0137. The number of hydrogen-bond acceptors (Lipinski definition) is 16. The van der Waals surface area contributed by atoms with Crippen LogP contribution >= 0.6 is 11.8 Å². The molecule has 2 saturated heterocycles. The van der Waals surface area contributed by atoms with Crippen molar-refractivity contribution < 1.29 is 42.9 Å². The van der Waals surface area contributed by atoms with E-state index in [1.807, 2.05) is 73.4 Å². The van der Waals surface area contributed by atoms with E-state index in [1.165, 1.54) is 12.4 Å². The second-order valence-electron chi connectivity index (χ2n) is 18.6. The molecule has 2 fully saturated rings. The number of ether oxygens (including phenoxy) is 4. The van der Waals surface area contributed by atoms with E-state index in [-0.39, 0.29) is 54.6 Å². The Labute approximate surface area is 456 Å². The van der Waals surface area contributed by atoms with Crippen LogP contribution in [0.25, 0.3) is 0 Å². The standard InChI is InChI=1S/C55H76N12O9S/c1-67(31-11-22-53(71)65-47-18-9-17-46(63-47)64-49-38-48(59-40-60-49)61-41-23-25-43(26-24-41)76-42-14-3-2-4-15-42)30-8-7-27-56-51(69)20-10-21-52(70)58-29-13-33-74-35-37-75-36-34-73-32-12-28-57-50(68)19-6-5-16-45-54-44(39-77-45)62-55(72)66-54/h2-4,9,11,14-15,17-18,22-26,38,40,44-45,54H,5-8,10,12-13,16,19-21,27-37,39H2,1H3,(H,56,69)(H,57,68)(H,58,70)(H2,62,66,72)(H3,59,60,61,63,64,65,71)/b22-11+/t44-,45-,54-/m0/s1. The van der Waals surface area contributed by atoms with Crippen molar-refractivity contribution in [1.29, 1.82) is 0 Å². The van der Waals surface area contributed by atoms with Gasteiger partial charge in [-0.3, -0.25) is 19.2 Å². The molecule has 21 nitrogen and oxygen atoms in total.